The zero-order chi connectivity index (χ0) is 12.1. The standard InChI is InChI=1S/C12H20O4S/c13-11(14)5-4-9-8-15-12(16-9)7-10-3-1-2-6-17-10/h9-10,12H,1-8H2,(H,13,14). The third kappa shape index (κ3) is 4.48. The van der Waals surface area contributed by atoms with Crippen molar-refractivity contribution in [1.29, 1.82) is 0 Å². The summed E-state index contributed by atoms with van der Waals surface area (Å²) in [6.45, 7) is 0.551. The summed E-state index contributed by atoms with van der Waals surface area (Å²) in [5, 5.41) is 9.26. The zero-order valence-corrected chi connectivity index (χ0v) is 10.8. The molecule has 2 aliphatic rings. The van der Waals surface area contributed by atoms with E-state index in [2.05, 4.69) is 0 Å². The molecular weight excluding hydrogens is 240 g/mol. The largest absolute Gasteiger partial charge is 0.481 e. The molecular formula is C12H20O4S. The topological polar surface area (TPSA) is 55.8 Å². The van der Waals surface area contributed by atoms with Gasteiger partial charge in [0.05, 0.1) is 12.7 Å². The smallest absolute Gasteiger partial charge is 0.303 e. The van der Waals surface area contributed by atoms with Crippen molar-refractivity contribution in [3.8, 4) is 0 Å². The Balaban J connectivity index is 1.64. The highest BCUT2D eigenvalue weighted by molar-refractivity contribution is 7.99. The molecule has 0 aliphatic carbocycles. The van der Waals surface area contributed by atoms with Crippen molar-refractivity contribution in [1.82, 2.24) is 0 Å². The molecule has 0 bridgehead atoms. The fraction of sp³-hybridized carbons (Fsp3) is 0.917. The first kappa shape index (κ1) is 13.2. The molecule has 2 heterocycles. The van der Waals surface area contributed by atoms with E-state index >= 15 is 0 Å². The third-order valence-electron chi connectivity index (χ3n) is 3.22. The van der Waals surface area contributed by atoms with E-state index in [1.165, 1.54) is 25.0 Å². The number of carbonyl (C=O) groups is 1. The number of carboxylic acid groups (broad SMARTS) is 1. The first-order valence-corrected chi connectivity index (χ1v) is 7.39. The lowest BCUT2D eigenvalue weighted by molar-refractivity contribution is -0.138. The van der Waals surface area contributed by atoms with Crippen LogP contribution in [0, 0.1) is 0 Å². The van der Waals surface area contributed by atoms with Crippen molar-refractivity contribution in [3.05, 3.63) is 0 Å². The molecule has 2 rings (SSSR count). The molecule has 0 spiro atoms. The molecule has 98 valence electrons. The SMILES string of the molecule is O=C(O)CCC1COC(CC2CCCCS2)O1. The van der Waals surface area contributed by atoms with Crippen LogP contribution in [0.1, 0.15) is 38.5 Å². The molecule has 0 amide bonds. The number of carboxylic acids is 1. The van der Waals surface area contributed by atoms with Crippen molar-refractivity contribution >= 4 is 17.7 Å². The fourth-order valence-electron chi connectivity index (χ4n) is 2.28. The molecule has 4 nitrogen and oxygen atoms in total. The second kappa shape index (κ2) is 6.61. The van der Waals surface area contributed by atoms with E-state index in [1.807, 2.05) is 11.8 Å². The molecule has 2 saturated heterocycles. The van der Waals surface area contributed by atoms with Gasteiger partial charge in [-0.3, -0.25) is 4.79 Å². The van der Waals surface area contributed by atoms with Gasteiger partial charge < -0.3 is 14.6 Å². The van der Waals surface area contributed by atoms with E-state index in [1.54, 1.807) is 0 Å². The maximum absolute atomic E-state index is 10.5. The van der Waals surface area contributed by atoms with E-state index in [0.29, 0.717) is 18.3 Å². The van der Waals surface area contributed by atoms with Gasteiger partial charge in [-0.15, -0.1) is 0 Å². The lowest BCUT2D eigenvalue weighted by Gasteiger charge is -2.23. The van der Waals surface area contributed by atoms with Crippen molar-refractivity contribution < 1.29 is 19.4 Å². The van der Waals surface area contributed by atoms with Crippen LogP contribution in [-0.2, 0) is 14.3 Å². The maximum Gasteiger partial charge on any atom is 0.303 e. The fourth-order valence-corrected chi connectivity index (χ4v) is 3.61. The molecule has 0 aromatic heterocycles. The van der Waals surface area contributed by atoms with Gasteiger partial charge in [-0.25, -0.2) is 0 Å². The Morgan fingerprint density at radius 1 is 1.41 bits per heavy atom. The molecule has 0 aromatic carbocycles. The molecule has 0 radical (unpaired) electrons. The van der Waals surface area contributed by atoms with Crippen LogP contribution in [0.5, 0.6) is 0 Å². The molecule has 3 unspecified atom stereocenters. The average Bonchev–Trinajstić information content (AvgIpc) is 2.75. The van der Waals surface area contributed by atoms with Crippen LogP contribution in [0.15, 0.2) is 0 Å². The Morgan fingerprint density at radius 2 is 2.29 bits per heavy atom. The van der Waals surface area contributed by atoms with Crippen LogP contribution < -0.4 is 0 Å². The van der Waals surface area contributed by atoms with Gasteiger partial charge in [0.2, 0.25) is 0 Å². The predicted molar refractivity (Wildman–Crippen MR) is 66.2 cm³/mol. The summed E-state index contributed by atoms with van der Waals surface area (Å²) >= 11 is 2.02. The summed E-state index contributed by atoms with van der Waals surface area (Å²) in [6, 6.07) is 0. The number of aliphatic carboxylic acids is 1. The van der Waals surface area contributed by atoms with Gasteiger partial charge in [0.15, 0.2) is 6.29 Å². The highest BCUT2D eigenvalue weighted by Gasteiger charge is 2.29. The van der Waals surface area contributed by atoms with E-state index in [9.17, 15) is 4.79 Å². The van der Waals surface area contributed by atoms with Crippen molar-refractivity contribution in [3.63, 3.8) is 0 Å². The highest BCUT2D eigenvalue weighted by Crippen LogP contribution is 2.31. The minimum absolute atomic E-state index is 0.0234. The van der Waals surface area contributed by atoms with Gasteiger partial charge in [0.25, 0.3) is 0 Å². The van der Waals surface area contributed by atoms with Crippen LogP contribution >= 0.6 is 11.8 Å². The summed E-state index contributed by atoms with van der Waals surface area (Å²) in [4.78, 5) is 10.5. The molecule has 1 N–H and O–H groups in total. The second-order valence-electron chi connectivity index (χ2n) is 4.68. The molecule has 5 heteroatoms. The number of rotatable bonds is 5. The lowest BCUT2D eigenvalue weighted by atomic mass is 10.1. The molecule has 0 saturated carbocycles. The number of thioether (sulfide) groups is 1. The Bertz CT molecular complexity index is 253. The first-order valence-electron chi connectivity index (χ1n) is 6.34. The maximum atomic E-state index is 10.5. The Morgan fingerprint density at radius 3 is 3.00 bits per heavy atom. The van der Waals surface area contributed by atoms with Crippen molar-refractivity contribution in [2.75, 3.05) is 12.4 Å². The lowest BCUT2D eigenvalue weighted by Crippen LogP contribution is -2.20. The van der Waals surface area contributed by atoms with Gasteiger partial charge in [0.1, 0.15) is 0 Å². The van der Waals surface area contributed by atoms with Gasteiger partial charge in [-0.05, 0) is 25.0 Å². The monoisotopic (exact) mass is 260 g/mol. The van der Waals surface area contributed by atoms with E-state index < -0.39 is 5.97 Å². The van der Waals surface area contributed by atoms with Crippen LogP contribution in [0.3, 0.4) is 0 Å². The van der Waals surface area contributed by atoms with Crippen LogP contribution in [-0.4, -0.2) is 41.1 Å². The predicted octanol–water partition coefficient (Wildman–Crippen LogP) is 2.27. The van der Waals surface area contributed by atoms with Crippen LogP contribution in [0.4, 0.5) is 0 Å². The van der Waals surface area contributed by atoms with Gasteiger partial charge in [-0.1, -0.05) is 6.42 Å². The van der Waals surface area contributed by atoms with Crippen molar-refractivity contribution in [2.45, 2.75) is 56.2 Å². The number of hydrogen-bond donors (Lipinski definition) is 1. The van der Waals surface area contributed by atoms with Crippen LogP contribution in [0.2, 0.25) is 0 Å². The molecule has 0 aromatic rings. The molecule has 2 aliphatic heterocycles. The minimum Gasteiger partial charge on any atom is -0.481 e. The molecule has 3 atom stereocenters. The number of hydrogen-bond acceptors (Lipinski definition) is 4. The van der Waals surface area contributed by atoms with E-state index in [0.717, 1.165) is 6.42 Å². The van der Waals surface area contributed by atoms with Gasteiger partial charge in [0, 0.05) is 18.1 Å². The third-order valence-corrected chi connectivity index (χ3v) is 4.65. The normalized spacial score (nSPS) is 33.8. The minimum atomic E-state index is -0.764. The first-order chi connectivity index (χ1) is 8.24. The van der Waals surface area contributed by atoms with Gasteiger partial charge >= 0.3 is 5.97 Å². The van der Waals surface area contributed by atoms with E-state index in [4.69, 9.17) is 14.6 Å². The zero-order valence-electron chi connectivity index (χ0n) is 9.97. The van der Waals surface area contributed by atoms with E-state index in [-0.39, 0.29) is 18.8 Å². The van der Waals surface area contributed by atoms with Gasteiger partial charge in [-0.2, -0.15) is 11.8 Å². The summed E-state index contributed by atoms with van der Waals surface area (Å²) in [7, 11) is 0. The quantitative estimate of drug-likeness (QED) is 0.821. The summed E-state index contributed by atoms with van der Waals surface area (Å²) < 4.78 is 11.3. The molecule has 2 fully saturated rings. The Labute approximate surface area is 106 Å². The number of ether oxygens (including phenoxy) is 2. The molecule has 17 heavy (non-hydrogen) atoms. The highest BCUT2D eigenvalue weighted by atomic mass is 32.2. The summed E-state index contributed by atoms with van der Waals surface area (Å²) in [6.07, 6.45) is 5.45. The second-order valence-corrected chi connectivity index (χ2v) is 6.09. The summed E-state index contributed by atoms with van der Waals surface area (Å²) in [5.41, 5.74) is 0. The Kier molecular flexibility index (Phi) is 5.13. The summed E-state index contributed by atoms with van der Waals surface area (Å²) in [5.74, 6) is 0.486. The van der Waals surface area contributed by atoms with Crippen molar-refractivity contribution in [2.24, 2.45) is 0 Å². The Hall–Kier alpha value is -0.260. The average molecular weight is 260 g/mol. The van der Waals surface area contributed by atoms with Crippen LogP contribution in [0.25, 0.3) is 0 Å².